The molecule has 6 nitrogen and oxygen atoms in total. The van der Waals surface area contributed by atoms with E-state index in [4.69, 9.17) is 16.1 Å². The summed E-state index contributed by atoms with van der Waals surface area (Å²) in [7, 11) is 1.76. The zero-order chi connectivity index (χ0) is 15.0. The molecule has 0 bridgehead atoms. The summed E-state index contributed by atoms with van der Waals surface area (Å²) in [6.07, 6.45) is 0. The van der Waals surface area contributed by atoms with Crippen LogP contribution in [0.25, 0.3) is 11.4 Å². The third-order valence-electron chi connectivity index (χ3n) is 3.30. The number of benzene rings is 1. The lowest BCUT2D eigenvalue weighted by Crippen LogP contribution is -2.16. The van der Waals surface area contributed by atoms with Gasteiger partial charge in [0.15, 0.2) is 5.82 Å². The van der Waals surface area contributed by atoms with E-state index in [1.807, 2.05) is 37.3 Å². The van der Waals surface area contributed by atoms with E-state index in [-0.39, 0.29) is 6.54 Å². The number of hydrogen-bond donors (Lipinski definition) is 0. The van der Waals surface area contributed by atoms with Gasteiger partial charge in [-0.1, -0.05) is 47.1 Å². The van der Waals surface area contributed by atoms with E-state index < -0.39 is 5.76 Å². The van der Waals surface area contributed by atoms with Gasteiger partial charge in [0.25, 0.3) is 0 Å². The van der Waals surface area contributed by atoms with Crippen LogP contribution >= 0.6 is 11.6 Å². The Labute approximate surface area is 125 Å². The monoisotopic (exact) mass is 304 g/mol. The summed E-state index contributed by atoms with van der Waals surface area (Å²) in [6.45, 7) is 2.12. The third-order valence-corrected chi connectivity index (χ3v) is 3.78. The molecule has 0 saturated carbocycles. The quantitative estimate of drug-likeness (QED) is 0.744. The Hall–Kier alpha value is -2.34. The molecule has 3 aromatic rings. The predicted molar refractivity (Wildman–Crippen MR) is 78.3 cm³/mol. The standard InChI is InChI=1S/C14H13ClN4O2/c1-9-11(12(15)18(2)16-9)8-19-13(17-21-14(19)20)10-6-4-3-5-7-10/h3-7H,8H2,1-2H3. The van der Waals surface area contributed by atoms with Crippen LogP contribution in [0.15, 0.2) is 39.6 Å². The van der Waals surface area contributed by atoms with Crippen molar-refractivity contribution in [1.82, 2.24) is 19.5 Å². The summed E-state index contributed by atoms with van der Waals surface area (Å²) < 4.78 is 7.82. The van der Waals surface area contributed by atoms with E-state index in [1.165, 1.54) is 4.57 Å². The fourth-order valence-electron chi connectivity index (χ4n) is 2.21. The first-order chi connectivity index (χ1) is 10.1. The maximum atomic E-state index is 11.9. The molecule has 2 heterocycles. The molecule has 0 aliphatic carbocycles. The van der Waals surface area contributed by atoms with Crippen molar-refractivity contribution in [3.05, 3.63) is 57.3 Å². The van der Waals surface area contributed by atoms with E-state index in [0.29, 0.717) is 11.0 Å². The smallest absolute Gasteiger partial charge is 0.295 e. The van der Waals surface area contributed by atoms with Crippen molar-refractivity contribution in [3.63, 3.8) is 0 Å². The molecule has 21 heavy (non-hydrogen) atoms. The van der Waals surface area contributed by atoms with Crippen molar-refractivity contribution in [1.29, 1.82) is 0 Å². The predicted octanol–water partition coefficient (Wildman–Crippen LogP) is 2.25. The number of halogens is 1. The van der Waals surface area contributed by atoms with Gasteiger partial charge in [0.05, 0.1) is 12.2 Å². The van der Waals surface area contributed by atoms with E-state index in [9.17, 15) is 4.79 Å². The summed E-state index contributed by atoms with van der Waals surface area (Å²) in [5.74, 6) is -0.0481. The third kappa shape index (κ3) is 2.38. The maximum absolute atomic E-state index is 11.9. The van der Waals surface area contributed by atoms with Gasteiger partial charge in [0.2, 0.25) is 0 Å². The maximum Gasteiger partial charge on any atom is 0.442 e. The Balaban J connectivity index is 2.08. The molecule has 2 aromatic heterocycles. The van der Waals surface area contributed by atoms with Crippen LogP contribution in [-0.2, 0) is 13.6 Å². The van der Waals surface area contributed by atoms with Gasteiger partial charge in [-0.05, 0) is 6.92 Å². The highest BCUT2D eigenvalue weighted by Gasteiger charge is 2.18. The van der Waals surface area contributed by atoms with E-state index in [0.717, 1.165) is 16.8 Å². The van der Waals surface area contributed by atoms with Gasteiger partial charge in [0, 0.05) is 18.2 Å². The van der Waals surface area contributed by atoms with Gasteiger partial charge in [0.1, 0.15) is 5.15 Å². The van der Waals surface area contributed by atoms with Gasteiger partial charge in [-0.2, -0.15) is 5.10 Å². The Morgan fingerprint density at radius 3 is 2.62 bits per heavy atom. The molecule has 0 spiro atoms. The number of nitrogens with zero attached hydrogens (tertiary/aromatic N) is 4. The van der Waals surface area contributed by atoms with Gasteiger partial charge >= 0.3 is 5.76 Å². The molecule has 7 heteroatoms. The molecule has 0 amide bonds. The van der Waals surface area contributed by atoms with Crippen LogP contribution in [0.2, 0.25) is 5.15 Å². The van der Waals surface area contributed by atoms with Crippen molar-refractivity contribution in [2.45, 2.75) is 13.5 Å². The Kier molecular flexibility index (Phi) is 3.39. The highest BCUT2D eigenvalue weighted by Crippen LogP contribution is 2.22. The Morgan fingerprint density at radius 1 is 1.29 bits per heavy atom. The molecule has 108 valence electrons. The second kappa shape index (κ2) is 5.21. The zero-order valence-electron chi connectivity index (χ0n) is 11.6. The van der Waals surface area contributed by atoms with Gasteiger partial charge in [-0.15, -0.1) is 0 Å². The SMILES string of the molecule is Cc1nn(C)c(Cl)c1Cn1c(-c2ccccc2)noc1=O. The van der Waals surface area contributed by atoms with Crippen LogP contribution in [0.5, 0.6) is 0 Å². The van der Waals surface area contributed by atoms with Crippen LogP contribution in [0.3, 0.4) is 0 Å². The second-order valence-corrected chi connectivity index (χ2v) is 5.06. The lowest BCUT2D eigenvalue weighted by Gasteiger charge is -2.04. The number of aryl methyl sites for hydroxylation is 2. The summed E-state index contributed by atoms with van der Waals surface area (Å²) in [5.41, 5.74) is 2.36. The van der Waals surface area contributed by atoms with E-state index in [1.54, 1.807) is 11.7 Å². The first-order valence-electron chi connectivity index (χ1n) is 6.38. The topological polar surface area (TPSA) is 65.8 Å². The molecule has 0 N–H and O–H groups in total. The minimum Gasteiger partial charge on any atom is -0.295 e. The zero-order valence-corrected chi connectivity index (χ0v) is 12.3. The molecular weight excluding hydrogens is 292 g/mol. The summed E-state index contributed by atoms with van der Waals surface area (Å²) in [4.78, 5) is 11.9. The van der Waals surface area contributed by atoms with E-state index in [2.05, 4.69) is 10.3 Å². The van der Waals surface area contributed by atoms with Crippen molar-refractivity contribution < 1.29 is 4.52 Å². The fourth-order valence-corrected chi connectivity index (χ4v) is 2.45. The fraction of sp³-hybridized carbons (Fsp3) is 0.214. The number of aromatic nitrogens is 4. The highest BCUT2D eigenvalue weighted by molar-refractivity contribution is 6.30. The Bertz CT molecular complexity index is 833. The molecule has 1 aromatic carbocycles. The van der Waals surface area contributed by atoms with Gasteiger partial charge in [-0.25, -0.2) is 4.79 Å². The summed E-state index contributed by atoms with van der Waals surface area (Å²) in [6, 6.07) is 9.38. The number of hydrogen-bond acceptors (Lipinski definition) is 4. The normalized spacial score (nSPS) is 11.0. The first kappa shape index (κ1) is 13.6. The minimum atomic E-state index is -0.520. The lowest BCUT2D eigenvalue weighted by molar-refractivity contribution is 0.378. The summed E-state index contributed by atoms with van der Waals surface area (Å²) in [5, 5.41) is 8.59. The van der Waals surface area contributed by atoms with Crippen LogP contribution < -0.4 is 5.76 Å². The van der Waals surface area contributed by atoms with E-state index >= 15 is 0 Å². The van der Waals surface area contributed by atoms with Crippen molar-refractivity contribution in [2.75, 3.05) is 0 Å². The Morgan fingerprint density at radius 2 is 2.00 bits per heavy atom. The first-order valence-corrected chi connectivity index (χ1v) is 6.75. The molecule has 0 atom stereocenters. The van der Waals surface area contributed by atoms with Gasteiger partial charge in [-0.3, -0.25) is 13.8 Å². The molecule has 0 saturated heterocycles. The largest absolute Gasteiger partial charge is 0.442 e. The van der Waals surface area contributed by atoms with Gasteiger partial charge < -0.3 is 0 Å². The molecule has 0 fully saturated rings. The lowest BCUT2D eigenvalue weighted by atomic mass is 10.2. The molecule has 3 rings (SSSR count). The number of rotatable bonds is 3. The molecule has 0 radical (unpaired) electrons. The molecule has 0 aliphatic heterocycles. The average molecular weight is 305 g/mol. The second-order valence-electron chi connectivity index (χ2n) is 4.70. The average Bonchev–Trinajstić information content (AvgIpc) is 2.96. The minimum absolute atomic E-state index is 0.269. The van der Waals surface area contributed by atoms with Crippen molar-refractivity contribution in [3.8, 4) is 11.4 Å². The van der Waals surface area contributed by atoms with Crippen LogP contribution in [0.1, 0.15) is 11.3 Å². The van der Waals surface area contributed by atoms with Crippen LogP contribution in [0, 0.1) is 6.92 Å². The molecular formula is C14H13ClN4O2. The summed E-state index contributed by atoms with van der Waals surface area (Å²) >= 11 is 6.22. The van der Waals surface area contributed by atoms with Crippen molar-refractivity contribution >= 4 is 11.6 Å². The molecule has 0 aliphatic rings. The van der Waals surface area contributed by atoms with Crippen molar-refractivity contribution in [2.24, 2.45) is 7.05 Å². The highest BCUT2D eigenvalue weighted by atomic mass is 35.5. The molecule has 0 unspecified atom stereocenters. The van der Waals surface area contributed by atoms with Crippen LogP contribution in [0.4, 0.5) is 0 Å². The van der Waals surface area contributed by atoms with Crippen LogP contribution in [-0.4, -0.2) is 19.5 Å².